The van der Waals surface area contributed by atoms with Gasteiger partial charge in [-0.25, -0.2) is 4.98 Å². The van der Waals surface area contributed by atoms with Crippen LogP contribution in [-0.4, -0.2) is 47.1 Å². The van der Waals surface area contributed by atoms with E-state index in [0.717, 1.165) is 17.1 Å². The first-order chi connectivity index (χ1) is 13.4. The van der Waals surface area contributed by atoms with Gasteiger partial charge in [-0.3, -0.25) is 4.79 Å². The van der Waals surface area contributed by atoms with Gasteiger partial charge in [0.15, 0.2) is 11.5 Å². The van der Waals surface area contributed by atoms with Crippen molar-refractivity contribution >= 4 is 23.1 Å². The van der Waals surface area contributed by atoms with Gasteiger partial charge < -0.3 is 14.3 Å². The Hall–Kier alpha value is -2.88. The van der Waals surface area contributed by atoms with E-state index in [1.807, 2.05) is 22.4 Å². The number of halogens is 3. The number of rotatable bonds is 3. The summed E-state index contributed by atoms with van der Waals surface area (Å²) in [6.07, 6.45) is -3.58. The molecule has 6 nitrogen and oxygen atoms in total. The Morgan fingerprint density at radius 1 is 1.14 bits per heavy atom. The van der Waals surface area contributed by atoms with Crippen LogP contribution in [0.5, 0.6) is 0 Å². The maximum Gasteiger partial charge on any atom is 0.417 e. The Kier molecular flexibility index (Phi) is 4.80. The van der Waals surface area contributed by atoms with Crippen molar-refractivity contribution in [3.8, 4) is 10.6 Å². The minimum atomic E-state index is -4.41. The van der Waals surface area contributed by atoms with Crippen molar-refractivity contribution in [3.05, 3.63) is 53.2 Å². The third-order valence-electron chi connectivity index (χ3n) is 4.46. The van der Waals surface area contributed by atoms with Gasteiger partial charge in [-0.15, -0.1) is 11.3 Å². The van der Waals surface area contributed by atoms with Gasteiger partial charge >= 0.3 is 6.18 Å². The van der Waals surface area contributed by atoms with Gasteiger partial charge in [0.05, 0.1) is 10.4 Å². The maximum atomic E-state index is 12.6. The standard InChI is InChI=1S/C18H15F3N4O2S/c19-18(20,21)12-3-4-16(22-11-12)24-5-7-25(8-6-24)17(26)13-10-14(27-23-13)15-2-1-9-28-15/h1-4,9-11H,5-8H2. The second-order valence-corrected chi connectivity index (χ2v) is 7.18. The summed E-state index contributed by atoms with van der Waals surface area (Å²) in [6.45, 7) is 1.78. The van der Waals surface area contributed by atoms with Crippen molar-refractivity contribution in [2.75, 3.05) is 31.1 Å². The van der Waals surface area contributed by atoms with Crippen molar-refractivity contribution in [1.82, 2.24) is 15.0 Å². The SMILES string of the molecule is O=C(c1cc(-c2cccs2)on1)N1CCN(c2ccc(C(F)(F)F)cn2)CC1. The summed E-state index contributed by atoms with van der Waals surface area (Å²) in [5, 5.41) is 5.78. The summed E-state index contributed by atoms with van der Waals surface area (Å²) in [4.78, 5) is 20.9. The highest BCUT2D eigenvalue weighted by Gasteiger charge is 2.31. The number of anilines is 1. The van der Waals surface area contributed by atoms with Crippen LogP contribution in [0.25, 0.3) is 10.6 Å². The smallest absolute Gasteiger partial charge is 0.355 e. The monoisotopic (exact) mass is 408 g/mol. The van der Waals surface area contributed by atoms with E-state index in [1.54, 1.807) is 11.0 Å². The predicted molar refractivity (Wildman–Crippen MR) is 97.2 cm³/mol. The minimum Gasteiger partial charge on any atom is -0.355 e. The van der Waals surface area contributed by atoms with Crippen LogP contribution in [0.3, 0.4) is 0 Å². The van der Waals surface area contributed by atoms with E-state index < -0.39 is 11.7 Å². The molecule has 3 aromatic rings. The summed E-state index contributed by atoms with van der Waals surface area (Å²) >= 11 is 1.49. The molecule has 0 unspecified atom stereocenters. The zero-order valence-electron chi connectivity index (χ0n) is 14.5. The Bertz CT molecular complexity index is 946. The van der Waals surface area contributed by atoms with Crippen LogP contribution in [0.15, 0.2) is 46.4 Å². The summed E-state index contributed by atoms with van der Waals surface area (Å²) in [7, 11) is 0. The molecule has 1 aliphatic heterocycles. The Balaban J connectivity index is 1.38. The molecule has 10 heteroatoms. The fourth-order valence-electron chi connectivity index (χ4n) is 2.95. The van der Waals surface area contributed by atoms with E-state index in [2.05, 4.69) is 10.1 Å². The average molecular weight is 408 g/mol. The third kappa shape index (κ3) is 3.72. The Morgan fingerprint density at radius 3 is 2.54 bits per heavy atom. The largest absolute Gasteiger partial charge is 0.417 e. The van der Waals surface area contributed by atoms with Crippen molar-refractivity contribution in [1.29, 1.82) is 0 Å². The lowest BCUT2D eigenvalue weighted by atomic mass is 10.2. The molecule has 146 valence electrons. The molecule has 0 aliphatic carbocycles. The first-order valence-electron chi connectivity index (χ1n) is 8.50. The zero-order valence-corrected chi connectivity index (χ0v) is 15.3. The molecule has 1 saturated heterocycles. The first kappa shape index (κ1) is 18.5. The molecule has 0 aromatic carbocycles. The van der Waals surface area contributed by atoms with Crippen LogP contribution in [-0.2, 0) is 6.18 Å². The molecule has 0 radical (unpaired) electrons. The average Bonchev–Trinajstić information content (AvgIpc) is 3.38. The van der Waals surface area contributed by atoms with E-state index in [4.69, 9.17) is 4.52 Å². The van der Waals surface area contributed by atoms with Crippen molar-refractivity contribution in [2.45, 2.75) is 6.18 Å². The number of hydrogen-bond acceptors (Lipinski definition) is 6. The normalized spacial score (nSPS) is 15.1. The molecule has 0 bridgehead atoms. The van der Waals surface area contributed by atoms with Crippen LogP contribution in [0.2, 0.25) is 0 Å². The second-order valence-electron chi connectivity index (χ2n) is 6.24. The molecule has 0 spiro atoms. The van der Waals surface area contributed by atoms with Crippen LogP contribution in [0.1, 0.15) is 16.1 Å². The van der Waals surface area contributed by atoms with Gasteiger partial charge in [0.1, 0.15) is 5.82 Å². The van der Waals surface area contributed by atoms with E-state index in [0.29, 0.717) is 37.8 Å². The lowest BCUT2D eigenvalue weighted by Gasteiger charge is -2.35. The van der Waals surface area contributed by atoms with Crippen LogP contribution in [0, 0.1) is 0 Å². The van der Waals surface area contributed by atoms with Crippen molar-refractivity contribution < 1.29 is 22.5 Å². The van der Waals surface area contributed by atoms with Crippen molar-refractivity contribution in [2.24, 2.45) is 0 Å². The minimum absolute atomic E-state index is 0.230. The summed E-state index contributed by atoms with van der Waals surface area (Å²) < 4.78 is 43.2. The number of nitrogens with zero attached hydrogens (tertiary/aromatic N) is 4. The quantitative estimate of drug-likeness (QED) is 0.660. The number of aromatic nitrogens is 2. The fourth-order valence-corrected chi connectivity index (χ4v) is 3.63. The highest BCUT2D eigenvalue weighted by atomic mass is 32.1. The highest BCUT2D eigenvalue weighted by Crippen LogP contribution is 2.29. The molecule has 1 aliphatic rings. The number of piperazine rings is 1. The van der Waals surface area contributed by atoms with Crippen LogP contribution >= 0.6 is 11.3 Å². The molecule has 3 aromatic heterocycles. The topological polar surface area (TPSA) is 62.5 Å². The number of alkyl halides is 3. The molecule has 4 heterocycles. The Morgan fingerprint density at radius 2 is 1.93 bits per heavy atom. The van der Waals surface area contributed by atoms with E-state index in [9.17, 15) is 18.0 Å². The molecule has 28 heavy (non-hydrogen) atoms. The molecular weight excluding hydrogens is 393 g/mol. The molecule has 0 N–H and O–H groups in total. The lowest BCUT2D eigenvalue weighted by molar-refractivity contribution is -0.137. The molecule has 0 atom stereocenters. The molecule has 1 fully saturated rings. The number of amides is 1. The second kappa shape index (κ2) is 7.27. The maximum absolute atomic E-state index is 12.6. The van der Waals surface area contributed by atoms with Crippen LogP contribution in [0.4, 0.5) is 19.0 Å². The molecule has 4 rings (SSSR count). The molecule has 1 amide bonds. The Labute approximate surface area is 162 Å². The summed E-state index contributed by atoms with van der Waals surface area (Å²) in [5.74, 6) is 0.777. The van der Waals surface area contributed by atoms with Gasteiger partial charge in [-0.05, 0) is 23.6 Å². The zero-order chi connectivity index (χ0) is 19.7. The van der Waals surface area contributed by atoms with Crippen LogP contribution < -0.4 is 4.90 Å². The molecule has 0 saturated carbocycles. The number of thiophene rings is 1. The van der Waals surface area contributed by atoms with Gasteiger partial charge in [0.2, 0.25) is 0 Å². The van der Waals surface area contributed by atoms with E-state index in [1.165, 1.54) is 17.4 Å². The number of pyridine rings is 1. The first-order valence-corrected chi connectivity index (χ1v) is 9.38. The number of carbonyl (C=O) groups is 1. The highest BCUT2D eigenvalue weighted by molar-refractivity contribution is 7.13. The summed E-state index contributed by atoms with van der Waals surface area (Å²) in [6, 6.07) is 7.76. The van der Waals surface area contributed by atoms with E-state index >= 15 is 0 Å². The van der Waals surface area contributed by atoms with Gasteiger partial charge in [-0.1, -0.05) is 11.2 Å². The van der Waals surface area contributed by atoms with E-state index in [-0.39, 0.29) is 11.6 Å². The fraction of sp³-hybridized carbons (Fsp3) is 0.278. The van der Waals surface area contributed by atoms with Gasteiger partial charge in [0.25, 0.3) is 5.91 Å². The predicted octanol–water partition coefficient (Wildman–Crippen LogP) is 3.78. The van der Waals surface area contributed by atoms with Gasteiger partial charge in [0, 0.05) is 38.4 Å². The number of carbonyl (C=O) groups excluding carboxylic acids is 1. The van der Waals surface area contributed by atoms with Gasteiger partial charge in [-0.2, -0.15) is 13.2 Å². The third-order valence-corrected chi connectivity index (χ3v) is 5.34. The lowest BCUT2D eigenvalue weighted by Crippen LogP contribution is -2.49. The summed E-state index contributed by atoms with van der Waals surface area (Å²) in [5.41, 5.74) is -0.540. The van der Waals surface area contributed by atoms with Crippen molar-refractivity contribution in [3.63, 3.8) is 0 Å². The molecular formula is C18H15F3N4O2S. The number of hydrogen-bond donors (Lipinski definition) is 0.